The van der Waals surface area contributed by atoms with Crippen molar-refractivity contribution in [1.82, 2.24) is 9.80 Å². The second-order valence-electron chi connectivity index (χ2n) is 8.10. The van der Waals surface area contributed by atoms with Crippen molar-refractivity contribution in [1.29, 1.82) is 0 Å². The molecule has 0 saturated carbocycles. The number of carbonyl (C=O) groups is 1. The smallest absolute Gasteiger partial charge is 0.230 e. The standard InChI is InChI=1S/C27H29BrN2O/c1-2-25(21-9-5-3-6-10-21)27(31)30-19-17-29(18-20-30)26(22-11-7-4-8-12-22)23-13-15-24(28)16-14-23/h3-16,25-26H,2,17-20H2,1H3/t25-,26+/m0/s1. The van der Waals surface area contributed by atoms with Gasteiger partial charge in [-0.3, -0.25) is 9.69 Å². The van der Waals surface area contributed by atoms with E-state index in [4.69, 9.17) is 0 Å². The molecule has 2 atom stereocenters. The fourth-order valence-electron chi connectivity index (χ4n) is 4.55. The maximum atomic E-state index is 13.3. The lowest BCUT2D eigenvalue weighted by Gasteiger charge is -2.40. The molecule has 1 aliphatic rings. The van der Waals surface area contributed by atoms with Crippen LogP contribution in [0.2, 0.25) is 0 Å². The van der Waals surface area contributed by atoms with Crippen LogP contribution in [0.5, 0.6) is 0 Å². The molecule has 0 spiro atoms. The van der Waals surface area contributed by atoms with E-state index >= 15 is 0 Å². The van der Waals surface area contributed by atoms with E-state index in [0.717, 1.165) is 42.6 Å². The zero-order valence-electron chi connectivity index (χ0n) is 18.0. The fourth-order valence-corrected chi connectivity index (χ4v) is 4.82. The summed E-state index contributed by atoms with van der Waals surface area (Å²) in [7, 11) is 0. The third kappa shape index (κ3) is 5.08. The first-order chi connectivity index (χ1) is 15.2. The van der Waals surface area contributed by atoms with Crippen molar-refractivity contribution in [3.8, 4) is 0 Å². The van der Waals surface area contributed by atoms with E-state index in [1.54, 1.807) is 0 Å². The predicted molar refractivity (Wildman–Crippen MR) is 130 cm³/mol. The Morgan fingerprint density at radius 3 is 1.84 bits per heavy atom. The molecule has 3 nitrogen and oxygen atoms in total. The molecule has 1 fully saturated rings. The Kier molecular flexibility index (Phi) is 7.21. The molecule has 0 bridgehead atoms. The number of carbonyl (C=O) groups excluding carboxylic acids is 1. The second-order valence-corrected chi connectivity index (χ2v) is 9.01. The summed E-state index contributed by atoms with van der Waals surface area (Å²) in [6, 6.07) is 29.7. The number of piperazine rings is 1. The van der Waals surface area contributed by atoms with Crippen LogP contribution in [0.15, 0.2) is 89.4 Å². The minimum absolute atomic E-state index is 0.0517. The van der Waals surface area contributed by atoms with Crippen LogP contribution in [0, 0.1) is 0 Å². The molecule has 0 aliphatic carbocycles. The number of rotatable bonds is 6. The first kappa shape index (κ1) is 21.8. The topological polar surface area (TPSA) is 23.6 Å². The monoisotopic (exact) mass is 476 g/mol. The quantitative estimate of drug-likeness (QED) is 0.443. The van der Waals surface area contributed by atoms with Gasteiger partial charge in [-0.15, -0.1) is 0 Å². The lowest BCUT2D eigenvalue weighted by molar-refractivity contribution is -0.134. The molecule has 1 amide bonds. The molecule has 1 saturated heterocycles. The molecule has 4 rings (SSSR count). The van der Waals surface area contributed by atoms with E-state index in [2.05, 4.69) is 99.4 Å². The Hall–Kier alpha value is -2.43. The van der Waals surface area contributed by atoms with Crippen LogP contribution in [0.25, 0.3) is 0 Å². The molecular formula is C27H29BrN2O. The average Bonchev–Trinajstić information content (AvgIpc) is 2.83. The molecular weight excluding hydrogens is 448 g/mol. The molecule has 3 aromatic carbocycles. The number of halogens is 1. The van der Waals surface area contributed by atoms with Crippen LogP contribution < -0.4 is 0 Å². The lowest BCUT2D eigenvalue weighted by atomic mass is 9.94. The van der Waals surface area contributed by atoms with E-state index in [-0.39, 0.29) is 17.9 Å². The Bertz CT molecular complexity index is 967. The highest BCUT2D eigenvalue weighted by Gasteiger charge is 2.31. The van der Waals surface area contributed by atoms with Gasteiger partial charge >= 0.3 is 0 Å². The number of amides is 1. The van der Waals surface area contributed by atoms with Crippen molar-refractivity contribution in [3.63, 3.8) is 0 Å². The minimum Gasteiger partial charge on any atom is -0.340 e. The molecule has 160 valence electrons. The van der Waals surface area contributed by atoms with Crippen LogP contribution in [-0.4, -0.2) is 41.9 Å². The largest absolute Gasteiger partial charge is 0.340 e. The summed E-state index contributed by atoms with van der Waals surface area (Å²) in [6.07, 6.45) is 0.828. The van der Waals surface area contributed by atoms with Gasteiger partial charge in [0.15, 0.2) is 0 Å². The Morgan fingerprint density at radius 2 is 1.29 bits per heavy atom. The molecule has 31 heavy (non-hydrogen) atoms. The van der Waals surface area contributed by atoms with E-state index in [0.29, 0.717) is 0 Å². The Balaban J connectivity index is 1.50. The molecule has 3 aromatic rings. The third-order valence-corrected chi connectivity index (χ3v) is 6.73. The number of benzene rings is 3. The lowest BCUT2D eigenvalue weighted by Crippen LogP contribution is -2.51. The van der Waals surface area contributed by atoms with Gasteiger partial charge in [0.1, 0.15) is 0 Å². The van der Waals surface area contributed by atoms with Crippen LogP contribution in [-0.2, 0) is 4.79 Å². The van der Waals surface area contributed by atoms with Gasteiger partial charge in [0, 0.05) is 30.7 Å². The van der Waals surface area contributed by atoms with Crippen molar-refractivity contribution in [2.75, 3.05) is 26.2 Å². The maximum Gasteiger partial charge on any atom is 0.230 e. The first-order valence-electron chi connectivity index (χ1n) is 11.1. The summed E-state index contributed by atoms with van der Waals surface area (Å²) in [4.78, 5) is 17.8. The minimum atomic E-state index is -0.0517. The molecule has 4 heteroatoms. The summed E-state index contributed by atoms with van der Waals surface area (Å²) in [6.45, 7) is 5.37. The zero-order valence-corrected chi connectivity index (χ0v) is 19.5. The van der Waals surface area contributed by atoms with Crippen LogP contribution >= 0.6 is 15.9 Å². The maximum absolute atomic E-state index is 13.3. The summed E-state index contributed by atoms with van der Waals surface area (Å²) in [5, 5.41) is 0. The summed E-state index contributed by atoms with van der Waals surface area (Å²) < 4.78 is 1.09. The fraction of sp³-hybridized carbons (Fsp3) is 0.296. The number of hydrogen-bond donors (Lipinski definition) is 0. The average molecular weight is 477 g/mol. The van der Waals surface area contributed by atoms with Crippen molar-refractivity contribution < 1.29 is 4.79 Å². The van der Waals surface area contributed by atoms with Crippen LogP contribution in [0.3, 0.4) is 0 Å². The highest BCUT2D eigenvalue weighted by Crippen LogP contribution is 2.31. The third-order valence-electron chi connectivity index (χ3n) is 6.20. The van der Waals surface area contributed by atoms with E-state index < -0.39 is 0 Å². The molecule has 0 unspecified atom stereocenters. The van der Waals surface area contributed by atoms with Crippen molar-refractivity contribution >= 4 is 21.8 Å². The Labute approximate surface area is 193 Å². The van der Waals surface area contributed by atoms with Crippen molar-refractivity contribution in [2.45, 2.75) is 25.3 Å². The summed E-state index contributed by atoms with van der Waals surface area (Å²) in [5.41, 5.74) is 3.69. The zero-order chi connectivity index (χ0) is 21.6. The van der Waals surface area contributed by atoms with E-state index in [9.17, 15) is 4.79 Å². The summed E-state index contributed by atoms with van der Waals surface area (Å²) >= 11 is 3.55. The molecule has 0 N–H and O–H groups in total. The highest BCUT2D eigenvalue weighted by molar-refractivity contribution is 9.10. The van der Waals surface area contributed by atoms with Gasteiger partial charge in [-0.2, -0.15) is 0 Å². The van der Waals surface area contributed by atoms with Crippen molar-refractivity contribution in [2.24, 2.45) is 0 Å². The highest BCUT2D eigenvalue weighted by atomic mass is 79.9. The van der Waals surface area contributed by atoms with Crippen LogP contribution in [0.4, 0.5) is 0 Å². The van der Waals surface area contributed by atoms with E-state index in [1.807, 2.05) is 18.2 Å². The second kappa shape index (κ2) is 10.3. The summed E-state index contributed by atoms with van der Waals surface area (Å²) in [5.74, 6) is 0.206. The molecule has 1 heterocycles. The predicted octanol–water partition coefficient (Wildman–Crippen LogP) is 5.88. The number of nitrogens with zero attached hydrogens (tertiary/aromatic N) is 2. The Morgan fingerprint density at radius 1 is 0.774 bits per heavy atom. The normalized spacial score (nSPS) is 16.6. The molecule has 0 radical (unpaired) electrons. The number of hydrogen-bond acceptors (Lipinski definition) is 2. The molecule has 1 aliphatic heterocycles. The van der Waals surface area contributed by atoms with Crippen LogP contribution in [0.1, 0.15) is 42.0 Å². The SMILES string of the molecule is CC[C@H](C(=O)N1CCN([C@H](c2ccccc2)c2ccc(Br)cc2)CC1)c1ccccc1. The molecule has 0 aromatic heterocycles. The van der Waals surface area contributed by atoms with Gasteiger partial charge in [0.25, 0.3) is 0 Å². The van der Waals surface area contributed by atoms with Gasteiger partial charge in [0.2, 0.25) is 5.91 Å². The van der Waals surface area contributed by atoms with Gasteiger partial charge in [-0.25, -0.2) is 0 Å². The first-order valence-corrected chi connectivity index (χ1v) is 11.8. The van der Waals surface area contributed by atoms with E-state index in [1.165, 1.54) is 11.1 Å². The van der Waals surface area contributed by atoms with Gasteiger partial charge < -0.3 is 4.90 Å². The van der Waals surface area contributed by atoms with Gasteiger partial charge in [-0.1, -0.05) is 95.7 Å². The van der Waals surface area contributed by atoms with Crippen molar-refractivity contribution in [3.05, 3.63) is 106 Å². The van der Waals surface area contributed by atoms with Gasteiger partial charge in [0.05, 0.1) is 12.0 Å². The van der Waals surface area contributed by atoms with Gasteiger partial charge in [-0.05, 0) is 35.2 Å².